The molecular formula is C19H27N3O. The molecule has 2 unspecified atom stereocenters. The molecule has 2 rings (SSSR count). The number of carbonyl (C=O) groups excluding carboxylic acids is 1. The van der Waals surface area contributed by atoms with Gasteiger partial charge < -0.3 is 10.6 Å². The van der Waals surface area contributed by atoms with Crippen LogP contribution in [0.5, 0.6) is 0 Å². The molecule has 0 spiro atoms. The van der Waals surface area contributed by atoms with Crippen LogP contribution in [-0.4, -0.2) is 18.5 Å². The summed E-state index contributed by atoms with van der Waals surface area (Å²) in [6.07, 6.45) is 4.88. The number of nitrogens with zero attached hydrogens (tertiary/aromatic N) is 1. The fourth-order valence-corrected chi connectivity index (χ4v) is 3.51. The minimum Gasteiger partial charge on any atom is -0.325 e. The number of benzene rings is 1. The molecule has 1 fully saturated rings. The van der Waals surface area contributed by atoms with Gasteiger partial charge in [-0.05, 0) is 42.4 Å². The van der Waals surface area contributed by atoms with Gasteiger partial charge in [-0.1, -0.05) is 39.7 Å². The number of hydrogen-bond acceptors (Lipinski definition) is 3. The van der Waals surface area contributed by atoms with Crippen LogP contribution in [0.3, 0.4) is 0 Å². The van der Waals surface area contributed by atoms with Gasteiger partial charge in [-0.15, -0.1) is 0 Å². The van der Waals surface area contributed by atoms with E-state index >= 15 is 0 Å². The van der Waals surface area contributed by atoms with Crippen LogP contribution in [0.1, 0.15) is 52.0 Å². The van der Waals surface area contributed by atoms with Crippen molar-refractivity contribution in [1.29, 1.82) is 5.26 Å². The lowest BCUT2D eigenvalue weighted by atomic mass is 9.69. The Morgan fingerprint density at radius 3 is 2.74 bits per heavy atom. The second kappa shape index (κ2) is 7.61. The van der Waals surface area contributed by atoms with Crippen molar-refractivity contribution in [3.8, 4) is 6.07 Å². The van der Waals surface area contributed by atoms with Crippen molar-refractivity contribution in [3.63, 3.8) is 0 Å². The fraction of sp³-hybridized carbons (Fsp3) is 0.579. The zero-order valence-corrected chi connectivity index (χ0v) is 14.4. The van der Waals surface area contributed by atoms with E-state index in [2.05, 4.69) is 37.5 Å². The highest BCUT2D eigenvalue weighted by Gasteiger charge is 2.33. The smallest absolute Gasteiger partial charge is 0.238 e. The van der Waals surface area contributed by atoms with Crippen LogP contribution in [0, 0.1) is 22.7 Å². The Morgan fingerprint density at radius 2 is 2.04 bits per heavy atom. The molecule has 0 saturated heterocycles. The average Bonchev–Trinajstić information content (AvgIpc) is 2.52. The zero-order valence-electron chi connectivity index (χ0n) is 14.4. The first-order valence-corrected chi connectivity index (χ1v) is 8.43. The molecule has 0 heterocycles. The number of carbonyl (C=O) groups is 1. The fourth-order valence-electron chi connectivity index (χ4n) is 3.51. The van der Waals surface area contributed by atoms with E-state index in [0.717, 1.165) is 6.42 Å². The highest BCUT2D eigenvalue weighted by Crippen LogP contribution is 2.37. The number of amides is 1. The van der Waals surface area contributed by atoms with Crippen LogP contribution in [0.15, 0.2) is 24.3 Å². The van der Waals surface area contributed by atoms with Gasteiger partial charge in [0, 0.05) is 11.7 Å². The van der Waals surface area contributed by atoms with E-state index in [0.29, 0.717) is 29.8 Å². The predicted molar refractivity (Wildman–Crippen MR) is 93.0 cm³/mol. The summed E-state index contributed by atoms with van der Waals surface area (Å²) in [5.74, 6) is 0.546. The number of hydrogen-bond donors (Lipinski definition) is 2. The molecule has 1 aliphatic carbocycles. The number of nitriles is 1. The highest BCUT2D eigenvalue weighted by atomic mass is 16.1. The summed E-state index contributed by atoms with van der Waals surface area (Å²) in [7, 11) is 0. The Kier molecular flexibility index (Phi) is 5.79. The van der Waals surface area contributed by atoms with Gasteiger partial charge in [-0.3, -0.25) is 4.79 Å². The predicted octanol–water partition coefficient (Wildman–Crippen LogP) is 3.69. The highest BCUT2D eigenvalue weighted by molar-refractivity contribution is 5.92. The van der Waals surface area contributed by atoms with Gasteiger partial charge in [0.05, 0.1) is 18.2 Å². The maximum absolute atomic E-state index is 12.2. The molecule has 2 N–H and O–H groups in total. The Labute approximate surface area is 139 Å². The van der Waals surface area contributed by atoms with Gasteiger partial charge in [-0.2, -0.15) is 5.26 Å². The molecule has 2 atom stereocenters. The van der Waals surface area contributed by atoms with Crippen LogP contribution in [0.25, 0.3) is 0 Å². The first-order chi connectivity index (χ1) is 10.9. The molecule has 1 aromatic rings. The van der Waals surface area contributed by atoms with E-state index < -0.39 is 0 Å². The first-order valence-electron chi connectivity index (χ1n) is 8.43. The Morgan fingerprint density at radius 1 is 1.30 bits per heavy atom. The van der Waals surface area contributed by atoms with Crippen LogP contribution in [0.4, 0.5) is 5.69 Å². The minimum absolute atomic E-state index is 0.0571. The van der Waals surface area contributed by atoms with Crippen molar-refractivity contribution in [2.75, 3.05) is 11.9 Å². The van der Waals surface area contributed by atoms with Crippen molar-refractivity contribution < 1.29 is 4.79 Å². The summed E-state index contributed by atoms with van der Waals surface area (Å²) in [4.78, 5) is 12.2. The van der Waals surface area contributed by atoms with Crippen molar-refractivity contribution in [2.45, 2.75) is 52.5 Å². The summed E-state index contributed by atoms with van der Waals surface area (Å²) >= 11 is 0. The SMILES string of the molecule is CC(C)(C)C1CCCCC1NCC(=O)Nc1cccc(C#N)c1. The third-order valence-electron chi connectivity index (χ3n) is 4.68. The van der Waals surface area contributed by atoms with Crippen LogP contribution < -0.4 is 10.6 Å². The summed E-state index contributed by atoms with van der Waals surface area (Å²) in [6, 6.07) is 9.48. The minimum atomic E-state index is -0.0571. The molecule has 1 aromatic carbocycles. The molecule has 0 aliphatic heterocycles. The summed E-state index contributed by atoms with van der Waals surface area (Å²) < 4.78 is 0. The largest absolute Gasteiger partial charge is 0.325 e. The van der Waals surface area contributed by atoms with Gasteiger partial charge in [-0.25, -0.2) is 0 Å². The average molecular weight is 313 g/mol. The Bertz CT molecular complexity index is 583. The van der Waals surface area contributed by atoms with Crippen molar-refractivity contribution in [1.82, 2.24) is 5.32 Å². The third kappa shape index (κ3) is 5.07. The topological polar surface area (TPSA) is 64.9 Å². The normalized spacial score (nSPS) is 21.5. The van der Waals surface area contributed by atoms with Gasteiger partial charge in [0.2, 0.25) is 5.91 Å². The van der Waals surface area contributed by atoms with Crippen molar-refractivity contribution >= 4 is 11.6 Å². The van der Waals surface area contributed by atoms with Crippen molar-refractivity contribution in [2.24, 2.45) is 11.3 Å². The van der Waals surface area contributed by atoms with Gasteiger partial charge in [0.15, 0.2) is 0 Å². The number of rotatable bonds is 4. The van der Waals surface area contributed by atoms with Gasteiger partial charge >= 0.3 is 0 Å². The Hall–Kier alpha value is -1.86. The molecule has 4 heteroatoms. The molecule has 0 bridgehead atoms. The summed E-state index contributed by atoms with van der Waals surface area (Å²) in [5.41, 5.74) is 1.48. The monoisotopic (exact) mass is 313 g/mol. The number of nitrogens with one attached hydrogen (secondary N) is 2. The molecule has 0 aromatic heterocycles. The Balaban J connectivity index is 1.89. The summed E-state index contributed by atoms with van der Waals surface area (Å²) in [5, 5.41) is 15.2. The van der Waals surface area contributed by atoms with Crippen LogP contribution in [0.2, 0.25) is 0 Å². The molecule has 1 saturated carbocycles. The molecular weight excluding hydrogens is 286 g/mol. The van der Waals surface area contributed by atoms with E-state index in [1.165, 1.54) is 19.3 Å². The lowest BCUT2D eigenvalue weighted by Gasteiger charge is -2.40. The van der Waals surface area contributed by atoms with E-state index in [9.17, 15) is 4.79 Å². The van der Waals surface area contributed by atoms with E-state index in [4.69, 9.17) is 5.26 Å². The first kappa shape index (κ1) is 17.5. The van der Waals surface area contributed by atoms with E-state index in [1.54, 1.807) is 24.3 Å². The quantitative estimate of drug-likeness (QED) is 0.891. The number of anilines is 1. The van der Waals surface area contributed by atoms with Gasteiger partial charge in [0.1, 0.15) is 0 Å². The maximum atomic E-state index is 12.2. The molecule has 1 aliphatic rings. The lowest BCUT2D eigenvalue weighted by molar-refractivity contribution is -0.115. The van der Waals surface area contributed by atoms with Crippen molar-refractivity contribution in [3.05, 3.63) is 29.8 Å². The van der Waals surface area contributed by atoms with Crippen LogP contribution in [-0.2, 0) is 4.79 Å². The standard InChI is InChI=1S/C19H27N3O/c1-19(2,3)16-9-4-5-10-17(16)21-13-18(23)22-15-8-6-7-14(11-15)12-20/h6-8,11,16-17,21H,4-5,9-10,13H2,1-3H3,(H,22,23). The zero-order chi connectivity index (χ0) is 16.9. The van der Waals surface area contributed by atoms with Crippen LogP contribution >= 0.6 is 0 Å². The molecule has 1 amide bonds. The van der Waals surface area contributed by atoms with E-state index in [-0.39, 0.29) is 11.3 Å². The maximum Gasteiger partial charge on any atom is 0.238 e. The summed E-state index contributed by atoms with van der Waals surface area (Å²) in [6.45, 7) is 7.16. The molecule has 0 radical (unpaired) electrons. The van der Waals surface area contributed by atoms with Gasteiger partial charge in [0.25, 0.3) is 0 Å². The second-order valence-corrected chi connectivity index (χ2v) is 7.49. The molecule has 4 nitrogen and oxygen atoms in total. The third-order valence-corrected chi connectivity index (χ3v) is 4.68. The lowest BCUT2D eigenvalue weighted by Crippen LogP contribution is -2.46. The molecule has 124 valence electrons. The van der Waals surface area contributed by atoms with E-state index in [1.807, 2.05) is 0 Å². The molecule has 23 heavy (non-hydrogen) atoms. The second-order valence-electron chi connectivity index (χ2n) is 7.49.